The topological polar surface area (TPSA) is 26.3 Å². The number of carbonyl (C=O) groups excluding carboxylic acids is 1. The van der Waals surface area contributed by atoms with Gasteiger partial charge in [-0.2, -0.15) is 0 Å². The Morgan fingerprint density at radius 2 is 1.69 bits per heavy atom. The van der Waals surface area contributed by atoms with Gasteiger partial charge in [0.2, 0.25) is 0 Å². The molecule has 1 atom stereocenters. The fourth-order valence-corrected chi connectivity index (χ4v) is 2.05. The second-order valence-corrected chi connectivity index (χ2v) is 4.59. The van der Waals surface area contributed by atoms with E-state index in [4.69, 9.17) is 4.74 Å². The summed E-state index contributed by atoms with van der Waals surface area (Å²) in [6, 6.07) is 0. The highest BCUT2D eigenvalue weighted by molar-refractivity contribution is 5.36. The first kappa shape index (κ1) is 15.5. The molecule has 2 nitrogen and oxygen atoms in total. The summed E-state index contributed by atoms with van der Waals surface area (Å²) in [5.74, 6) is 0.742. The highest BCUT2D eigenvalue weighted by atomic mass is 16.5. The molecule has 1 unspecified atom stereocenters. The van der Waals surface area contributed by atoms with Crippen LogP contribution in [-0.2, 0) is 9.53 Å². The van der Waals surface area contributed by atoms with Crippen molar-refractivity contribution >= 4 is 6.47 Å². The third-order valence-electron chi connectivity index (χ3n) is 3.26. The van der Waals surface area contributed by atoms with E-state index in [2.05, 4.69) is 13.8 Å². The molecule has 0 aromatic heterocycles. The lowest BCUT2D eigenvalue weighted by Gasteiger charge is -2.13. The predicted molar refractivity (Wildman–Crippen MR) is 68.4 cm³/mol. The summed E-state index contributed by atoms with van der Waals surface area (Å²) in [5.41, 5.74) is 0. The van der Waals surface area contributed by atoms with Gasteiger partial charge in [-0.3, -0.25) is 4.79 Å². The van der Waals surface area contributed by atoms with Crippen LogP contribution < -0.4 is 0 Å². The van der Waals surface area contributed by atoms with Crippen LogP contribution in [0, 0.1) is 5.92 Å². The van der Waals surface area contributed by atoms with Crippen LogP contribution in [0.2, 0.25) is 0 Å². The lowest BCUT2D eigenvalue weighted by atomic mass is 9.95. The molecule has 0 amide bonds. The maximum absolute atomic E-state index is 10.0. The molecule has 0 rings (SSSR count). The molecule has 16 heavy (non-hydrogen) atoms. The van der Waals surface area contributed by atoms with Crippen LogP contribution in [0.5, 0.6) is 0 Å². The number of ether oxygens (including phenoxy) is 1. The first-order chi connectivity index (χ1) is 7.85. The molecule has 0 aromatic rings. The maximum atomic E-state index is 10.0. The largest absolute Gasteiger partial charge is 0.468 e. The first-order valence-electron chi connectivity index (χ1n) is 6.90. The van der Waals surface area contributed by atoms with Gasteiger partial charge in [0.1, 0.15) is 0 Å². The van der Waals surface area contributed by atoms with Gasteiger partial charge in [0.25, 0.3) is 6.47 Å². The summed E-state index contributed by atoms with van der Waals surface area (Å²) in [6.07, 6.45) is 11.7. The van der Waals surface area contributed by atoms with Crippen molar-refractivity contribution in [2.75, 3.05) is 6.61 Å². The molecular weight excluding hydrogens is 200 g/mol. The lowest BCUT2D eigenvalue weighted by molar-refractivity contribution is -0.129. The average Bonchev–Trinajstić information content (AvgIpc) is 2.31. The van der Waals surface area contributed by atoms with E-state index < -0.39 is 0 Å². The fourth-order valence-electron chi connectivity index (χ4n) is 2.05. The van der Waals surface area contributed by atoms with E-state index in [0.717, 1.165) is 12.3 Å². The van der Waals surface area contributed by atoms with Crippen molar-refractivity contribution in [1.82, 2.24) is 0 Å². The highest BCUT2D eigenvalue weighted by Gasteiger charge is 2.05. The number of rotatable bonds is 12. The molecule has 0 radical (unpaired) electrons. The minimum atomic E-state index is 0.553. The molecule has 0 saturated heterocycles. The minimum Gasteiger partial charge on any atom is -0.468 e. The third-order valence-corrected chi connectivity index (χ3v) is 3.26. The molecule has 96 valence electrons. The predicted octanol–water partition coefficient (Wildman–Crippen LogP) is 4.33. The standard InChI is InChI=1S/C14H28O2/c1-3-5-6-7-8-9-10-14(4-2)11-12-16-13-15/h13-14H,3-12H2,1-2H3. The normalized spacial score (nSPS) is 12.4. The summed E-state index contributed by atoms with van der Waals surface area (Å²) in [5, 5.41) is 0. The Kier molecular flexibility index (Phi) is 12.1. The Labute approximate surface area is 101 Å². The zero-order chi connectivity index (χ0) is 12.1. The zero-order valence-electron chi connectivity index (χ0n) is 11.0. The van der Waals surface area contributed by atoms with Gasteiger partial charge in [-0.1, -0.05) is 65.2 Å². The Balaban J connectivity index is 3.29. The van der Waals surface area contributed by atoms with Crippen LogP contribution in [0.25, 0.3) is 0 Å². The van der Waals surface area contributed by atoms with E-state index in [9.17, 15) is 4.79 Å². The van der Waals surface area contributed by atoms with Crippen molar-refractivity contribution < 1.29 is 9.53 Å². The number of carbonyl (C=O) groups is 1. The third kappa shape index (κ3) is 10.0. The molecule has 0 aliphatic rings. The Morgan fingerprint density at radius 1 is 1.00 bits per heavy atom. The van der Waals surface area contributed by atoms with E-state index in [0.29, 0.717) is 13.1 Å². The van der Waals surface area contributed by atoms with Gasteiger partial charge in [-0.05, 0) is 12.3 Å². The Hall–Kier alpha value is -0.530. The average molecular weight is 228 g/mol. The van der Waals surface area contributed by atoms with Gasteiger partial charge in [0, 0.05) is 0 Å². The molecular formula is C14H28O2. The van der Waals surface area contributed by atoms with Crippen molar-refractivity contribution in [3.8, 4) is 0 Å². The van der Waals surface area contributed by atoms with E-state index in [-0.39, 0.29) is 0 Å². The summed E-state index contributed by atoms with van der Waals surface area (Å²) in [6.45, 7) is 5.62. The van der Waals surface area contributed by atoms with Gasteiger partial charge in [-0.25, -0.2) is 0 Å². The second kappa shape index (κ2) is 12.5. The Morgan fingerprint density at radius 3 is 2.31 bits per heavy atom. The molecule has 0 fully saturated rings. The van der Waals surface area contributed by atoms with Gasteiger partial charge in [0.05, 0.1) is 6.61 Å². The quantitative estimate of drug-likeness (QED) is 0.367. The Bertz CT molecular complexity index is 146. The van der Waals surface area contributed by atoms with Gasteiger partial charge in [-0.15, -0.1) is 0 Å². The summed E-state index contributed by atoms with van der Waals surface area (Å²) < 4.78 is 4.74. The van der Waals surface area contributed by atoms with Crippen LogP contribution in [0.3, 0.4) is 0 Å². The zero-order valence-corrected chi connectivity index (χ0v) is 11.0. The lowest BCUT2D eigenvalue weighted by Crippen LogP contribution is -2.04. The van der Waals surface area contributed by atoms with Crippen LogP contribution in [0.1, 0.15) is 71.6 Å². The van der Waals surface area contributed by atoms with Crippen molar-refractivity contribution in [2.45, 2.75) is 71.6 Å². The van der Waals surface area contributed by atoms with E-state index in [1.165, 1.54) is 51.4 Å². The van der Waals surface area contributed by atoms with Gasteiger partial charge in [0.15, 0.2) is 0 Å². The molecule has 0 aromatic carbocycles. The van der Waals surface area contributed by atoms with Crippen LogP contribution in [0.4, 0.5) is 0 Å². The molecule has 0 aliphatic heterocycles. The van der Waals surface area contributed by atoms with E-state index >= 15 is 0 Å². The highest BCUT2D eigenvalue weighted by Crippen LogP contribution is 2.18. The number of hydrogen-bond donors (Lipinski definition) is 0. The minimum absolute atomic E-state index is 0.553. The smallest absolute Gasteiger partial charge is 0.293 e. The van der Waals surface area contributed by atoms with E-state index in [1.54, 1.807) is 0 Å². The van der Waals surface area contributed by atoms with Crippen LogP contribution in [0.15, 0.2) is 0 Å². The van der Waals surface area contributed by atoms with Crippen molar-refractivity contribution in [1.29, 1.82) is 0 Å². The monoisotopic (exact) mass is 228 g/mol. The number of hydrogen-bond acceptors (Lipinski definition) is 2. The number of unbranched alkanes of at least 4 members (excludes halogenated alkanes) is 5. The SMILES string of the molecule is CCCCCCCCC(CC)CCOC=O. The molecule has 0 spiro atoms. The molecule has 0 N–H and O–H groups in total. The van der Waals surface area contributed by atoms with Crippen molar-refractivity contribution in [3.05, 3.63) is 0 Å². The van der Waals surface area contributed by atoms with Crippen molar-refractivity contribution in [3.63, 3.8) is 0 Å². The maximum Gasteiger partial charge on any atom is 0.293 e. The van der Waals surface area contributed by atoms with E-state index in [1.807, 2.05) is 0 Å². The summed E-state index contributed by atoms with van der Waals surface area (Å²) >= 11 is 0. The summed E-state index contributed by atoms with van der Waals surface area (Å²) in [7, 11) is 0. The fraction of sp³-hybridized carbons (Fsp3) is 0.929. The second-order valence-electron chi connectivity index (χ2n) is 4.59. The van der Waals surface area contributed by atoms with Crippen LogP contribution >= 0.6 is 0 Å². The van der Waals surface area contributed by atoms with Gasteiger partial charge >= 0.3 is 0 Å². The molecule has 0 heterocycles. The molecule has 0 aliphatic carbocycles. The molecule has 0 saturated carbocycles. The molecule has 0 bridgehead atoms. The first-order valence-corrected chi connectivity index (χ1v) is 6.90. The van der Waals surface area contributed by atoms with Crippen molar-refractivity contribution in [2.24, 2.45) is 5.92 Å². The molecule has 2 heteroatoms. The summed E-state index contributed by atoms with van der Waals surface area (Å²) in [4.78, 5) is 10.0. The van der Waals surface area contributed by atoms with Crippen LogP contribution in [-0.4, -0.2) is 13.1 Å². The van der Waals surface area contributed by atoms with Gasteiger partial charge < -0.3 is 4.74 Å².